The van der Waals surface area contributed by atoms with Gasteiger partial charge < -0.3 is 24.8 Å². The minimum atomic E-state index is -1.92. The summed E-state index contributed by atoms with van der Waals surface area (Å²) in [5.41, 5.74) is 1.11. The highest BCUT2D eigenvalue weighted by Crippen LogP contribution is 2.15. The van der Waals surface area contributed by atoms with E-state index < -0.39 is 42.3 Å². The number of ether oxygens (including phenoxy) is 2. The van der Waals surface area contributed by atoms with Crippen molar-refractivity contribution in [2.75, 3.05) is 0 Å². The fourth-order valence-corrected chi connectivity index (χ4v) is 2.63. The molecule has 33 heavy (non-hydrogen) atoms. The second-order valence-electron chi connectivity index (χ2n) is 6.93. The highest BCUT2D eigenvalue weighted by molar-refractivity contribution is 5.91. The third-order valence-electron chi connectivity index (χ3n) is 4.19. The second-order valence-corrected chi connectivity index (χ2v) is 6.93. The zero-order chi connectivity index (χ0) is 24.4. The van der Waals surface area contributed by atoms with Crippen LogP contribution >= 0.6 is 0 Å². The van der Waals surface area contributed by atoms with E-state index in [1.54, 1.807) is 0 Å². The molecule has 0 saturated heterocycles. The molecule has 0 aromatic heterocycles. The zero-order valence-electron chi connectivity index (χ0n) is 17.6. The van der Waals surface area contributed by atoms with Crippen molar-refractivity contribution >= 4 is 35.8 Å². The lowest BCUT2D eigenvalue weighted by atomic mass is 10.1. The van der Waals surface area contributed by atoms with Crippen molar-refractivity contribution in [3.8, 4) is 11.5 Å². The lowest BCUT2D eigenvalue weighted by molar-refractivity contribution is -0.175. The molecule has 2 atom stereocenters. The number of ketones is 1. The summed E-state index contributed by atoms with van der Waals surface area (Å²) in [6.45, 7) is 1.18. The standard InChI is InChI=1S/C24H22O9/c1-15(25)14-20(32-21(28)12-6-16-2-8-18(26)9-3-16)23(24(30)31)33-22(29)13-7-17-4-10-19(27)11-5-17/h2-13,20,23,26-27H,14H2,1H3,(H,30,31)/b12-6+,13-7+. The van der Waals surface area contributed by atoms with E-state index in [1.807, 2.05) is 0 Å². The van der Waals surface area contributed by atoms with E-state index in [-0.39, 0.29) is 11.5 Å². The van der Waals surface area contributed by atoms with Gasteiger partial charge in [0.1, 0.15) is 17.3 Å². The quantitative estimate of drug-likeness (QED) is 0.364. The molecular weight excluding hydrogens is 432 g/mol. The third-order valence-corrected chi connectivity index (χ3v) is 4.19. The fraction of sp³-hybridized carbons (Fsp3) is 0.167. The summed E-state index contributed by atoms with van der Waals surface area (Å²) in [5, 5.41) is 28.0. The largest absolute Gasteiger partial charge is 0.508 e. The summed E-state index contributed by atoms with van der Waals surface area (Å²) < 4.78 is 10.0. The van der Waals surface area contributed by atoms with E-state index in [1.165, 1.54) is 67.6 Å². The van der Waals surface area contributed by atoms with Crippen LogP contribution in [0.15, 0.2) is 60.7 Å². The Morgan fingerprint density at radius 3 is 1.61 bits per heavy atom. The molecule has 0 spiro atoms. The van der Waals surface area contributed by atoms with Crippen molar-refractivity contribution in [1.29, 1.82) is 0 Å². The lowest BCUT2D eigenvalue weighted by Gasteiger charge is -2.22. The Labute approximate surface area is 189 Å². The monoisotopic (exact) mass is 454 g/mol. The Hall–Kier alpha value is -4.40. The van der Waals surface area contributed by atoms with Crippen LogP contribution in [0.2, 0.25) is 0 Å². The average molecular weight is 454 g/mol. The van der Waals surface area contributed by atoms with Gasteiger partial charge in [0.05, 0.1) is 0 Å². The Kier molecular flexibility index (Phi) is 8.93. The number of carboxylic acid groups (broad SMARTS) is 1. The SMILES string of the molecule is CC(=O)CC(OC(=O)/C=C/c1ccc(O)cc1)C(OC(=O)/C=C/c1ccc(O)cc1)C(=O)O. The first-order valence-corrected chi connectivity index (χ1v) is 9.71. The Bertz CT molecular complexity index is 1050. The third kappa shape index (κ3) is 8.70. The summed E-state index contributed by atoms with van der Waals surface area (Å²) >= 11 is 0. The van der Waals surface area contributed by atoms with Crippen LogP contribution in [0.1, 0.15) is 24.5 Å². The minimum Gasteiger partial charge on any atom is -0.508 e. The van der Waals surface area contributed by atoms with Gasteiger partial charge in [-0.3, -0.25) is 4.79 Å². The second kappa shape index (κ2) is 11.8. The molecule has 0 aliphatic carbocycles. The number of aromatic hydroxyl groups is 2. The molecule has 2 unspecified atom stereocenters. The summed E-state index contributed by atoms with van der Waals surface area (Å²) in [6, 6.07) is 11.7. The molecule has 0 radical (unpaired) electrons. The number of phenolic OH excluding ortho intramolecular Hbond substituents is 2. The van der Waals surface area contributed by atoms with Crippen LogP contribution < -0.4 is 0 Å². The minimum absolute atomic E-state index is 0.0361. The average Bonchev–Trinajstić information content (AvgIpc) is 2.75. The predicted molar refractivity (Wildman–Crippen MR) is 117 cm³/mol. The Morgan fingerprint density at radius 2 is 1.21 bits per heavy atom. The predicted octanol–water partition coefficient (Wildman–Crippen LogP) is 2.71. The number of hydrogen-bond donors (Lipinski definition) is 3. The summed E-state index contributed by atoms with van der Waals surface area (Å²) in [5.74, 6) is -3.97. The van der Waals surface area contributed by atoms with Crippen molar-refractivity contribution in [1.82, 2.24) is 0 Å². The van der Waals surface area contributed by atoms with Crippen LogP contribution in [0.4, 0.5) is 0 Å². The number of Topliss-reactive ketones (excluding diaryl/α,β-unsaturated/α-hetero) is 1. The molecule has 0 heterocycles. The topological polar surface area (TPSA) is 147 Å². The molecule has 9 nitrogen and oxygen atoms in total. The van der Waals surface area contributed by atoms with Gasteiger partial charge in [0.15, 0.2) is 6.10 Å². The number of rotatable bonds is 10. The van der Waals surface area contributed by atoms with Crippen LogP contribution in [0, 0.1) is 0 Å². The van der Waals surface area contributed by atoms with Crippen molar-refractivity contribution in [2.45, 2.75) is 25.6 Å². The molecule has 0 aliphatic rings. The van der Waals surface area contributed by atoms with Gasteiger partial charge in [-0.1, -0.05) is 24.3 Å². The normalized spacial score (nSPS) is 12.9. The number of phenols is 2. The van der Waals surface area contributed by atoms with Crippen molar-refractivity contribution in [2.24, 2.45) is 0 Å². The number of hydrogen-bond acceptors (Lipinski definition) is 8. The number of esters is 2. The summed E-state index contributed by atoms with van der Waals surface area (Å²) in [4.78, 5) is 47.6. The molecule has 0 fully saturated rings. The van der Waals surface area contributed by atoms with E-state index in [0.29, 0.717) is 11.1 Å². The number of carboxylic acids is 1. The van der Waals surface area contributed by atoms with E-state index in [9.17, 15) is 34.5 Å². The highest BCUT2D eigenvalue weighted by atomic mass is 16.6. The molecule has 2 aromatic carbocycles. The number of carbonyl (C=O) groups excluding carboxylic acids is 3. The molecule has 0 bridgehead atoms. The first kappa shape index (κ1) is 24.9. The molecule has 9 heteroatoms. The maximum Gasteiger partial charge on any atom is 0.349 e. The lowest BCUT2D eigenvalue weighted by Crippen LogP contribution is -2.41. The molecule has 2 rings (SSSR count). The van der Waals surface area contributed by atoms with Crippen molar-refractivity contribution < 1.29 is 44.0 Å². The van der Waals surface area contributed by atoms with Crippen molar-refractivity contribution in [3.05, 3.63) is 71.8 Å². The maximum absolute atomic E-state index is 12.2. The van der Waals surface area contributed by atoms with E-state index >= 15 is 0 Å². The smallest absolute Gasteiger partial charge is 0.349 e. The van der Waals surface area contributed by atoms with E-state index in [0.717, 1.165) is 12.2 Å². The molecule has 172 valence electrons. The van der Waals surface area contributed by atoms with E-state index in [2.05, 4.69) is 0 Å². The zero-order valence-corrected chi connectivity index (χ0v) is 17.6. The summed E-state index contributed by atoms with van der Waals surface area (Å²) in [6.07, 6.45) is 0.747. The van der Waals surface area contributed by atoms with Gasteiger partial charge in [0.25, 0.3) is 0 Å². The van der Waals surface area contributed by atoms with Gasteiger partial charge in [0, 0.05) is 18.6 Å². The molecule has 0 aliphatic heterocycles. The van der Waals surface area contributed by atoms with Gasteiger partial charge in [-0.2, -0.15) is 0 Å². The van der Waals surface area contributed by atoms with Crippen LogP contribution in [0.3, 0.4) is 0 Å². The van der Waals surface area contributed by atoms with Gasteiger partial charge in [-0.25, -0.2) is 14.4 Å². The Balaban J connectivity index is 2.10. The maximum atomic E-state index is 12.2. The molecule has 3 N–H and O–H groups in total. The van der Waals surface area contributed by atoms with Crippen molar-refractivity contribution in [3.63, 3.8) is 0 Å². The number of carbonyl (C=O) groups is 4. The van der Waals surface area contributed by atoms with Gasteiger partial charge in [-0.15, -0.1) is 0 Å². The van der Waals surface area contributed by atoms with Crippen LogP contribution in [0.5, 0.6) is 11.5 Å². The number of aliphatic carboxylic acids is 1. The molecular formula is C24H22O9. The number of benzene rings is 2. The highest BCUT2D eigenvalue weighted by Gasteiger charge is 2.35. The van der Waals surface area contributed by atoms with Crippen LogP contribution in [-0.4, -0.2) is 51.2 Å². The first-order chi connectivity index (χ1) is 15.6. The summed E-state index contributed by atoms with van der Waals surface area (Å²) in [7, 11) is 0. The fourth-order valence-electron chi connectivity index (χ4n) is 2.63. The van der Waals surface area contributed by atoms with Crippen LogP contribution in [-0.2, 0) is 28.7 Å². The van der Waals surface area contributed by atoms with Gasteiger partial charge in [-0.05, 0) is 54.5 Å². The molecule has 0 saturated carbocycles. The first-order valence-electron chi connectivity index (χ1n) is 9.71. The van der Waals surface area contributed by atoms with Crippen LogP contribution in [0.25, 0.3) is 12.2 Å². The van der Waals surface area contributed by atoms with E-state index in [4.69, 9.17) is 9.47 Å². The molecule has 2 aromatic rings. The van der Waals surface area contributed by atoms with Gasteiger partial charge >= 0.3 is 17.9 Å². The Morgan fingerprint density at radius 1 is 0.788 bits per heavy atom. The molecule has 0 amide bonds. The van der Waals surface area contributed by atoms with Gasteiger partial charge in [0.2, 0.25) is 6.10 Å².